The highest BCUT2D eigenvalue weighted by Gasteiger charge is 2.46. The van der Waals surface area contributed by atoms with Gasteiger partial charge in [0.2, 0.25) is 0 Å². The number of nitro groups is 1. The van der Waals surface area contributed by atoms with Gasteiger partial charge in [0.1, 0.15) is 5.75 Å². The molecular weight excluding hydrogens is 304 g/mol. The third-order valence-electron chi connectivity index (χ3n) is 5.77. The van der Waals surface area contributed by atoms with E-state index in [1.807, 2.05) is 0 Å². The van der Waals surface area contributed by atoms with Gasteiger partial charge in [-0.05, 0) is 57.1 Å². The van der Waals surface area contributed by atoms with E-state index in [2.05, 4.69) is 11.4 Å². The number of ether oxygens (including phenoxy) is 1. The highest BCUT2D eigenvalue weighted by molar-refractivity contribution is 5.66. The van der Waals surface area contributed by atoms with E-state index >= 15 is 0 Å². The molecule has 0 amide bonds. The third kappa shape index (κ3) is 2.81. The summed E-state index contributed by atoms with van der Waals surface area (Å²) in [5, 5.41) is 13.5. The molecule has 1 atom stereocenters. The second-order valence-corrected chi connectivity index (χ2v) is 7.41. The van der Waals surface area contributed by atoms with Gasteiger partial charge in [0.05, 0.1) is 11.0 Å². The van der Waals surface area contributed by atoms with Crippen molar-refractivity contribution in [1.29, 1.82) is 0 Å². The Bertz CT molecular complexity index is 679. The van der Waals surface area contributed by atoms with Gasteiger partial charge in [-0.2, -0.15) is 0 Å². The van der Waals surface area contributed by atoms with E-state index in [1.165, 1.54) is 50.5 Å². The molecule has 2 N–H and O–H groups in total. The van der Waals surface area contributed by atoms with E-state index < -0.39 is 0 Å². The van der Waals surface area contributed by atoms with E-state index in [-0.39, 0.29) is 16.3 Å². The molecule has 1 aliphatic heterocycles. The number of nitrogens with zero attached hydrogens (tertiary/aromatic N) is 1. The SMILES string of the molecule is O=[N+]([O-])c1ccc2c(c1)C=C1CCCCC1([NH2+]C1CCCCC1)O2. The van der Waals surface area contributed by atoms with Gasteiger partial charge >= 0.3 is 0 Å². The number of nitrogens with two attached hydrogens (primary N) is 1. The lowest BCUT2D eigenvalue weighted by Crippen LogP contribution is -3.03. The molecule has 2 aliphatic carbocycles. The molecule has 1 aromatic rings. The Morgan fingerprint density at radius 3 is 2.79 bits per heavy atom. The minimum Gasteiger partial charge on any atom is -0.436 e. The number of fused-ring (bicyclic) bond motifs is 2. The smallest absolute Gasteiger partial charge is 0.270 e. The van der Waals surface area contributed by atoms with Crippen LogP contribution in [0.2, 0.25) is 0 Å². The zero-order chi connectivity index (χ0) is 16.6. The van der Waals surface area contributed by atoms with Gasteiger partial charge in [0.25, 0.3) is 11.4 Å². The maximum atomic E-state index is 11.0. The van der Waals surface area contributed by atoms with Crippen molar-refractivity contribution >= 4 is 11.8 Å². The molecule has 1 aromatic carbocycles. The Morgan fingerprint density at radius 1 is 1.17 bits per heavy atom. The number of rotatable bonds is 3. The first-order valence-corrected chi connectivity index (χ1v) is 9.21. The second-order valence-electron chi connectivity index (χ2n) is 7.41. The average Bonchev–Trinajstić information content (AvgIpc) is 2.60. The van der Waals surface area contributed by atoms with Crippen molar-refractivity contribution < 1.29 is 15.0 Å². The van der Waals surface area contributed by atoms with Crippen molar-refractivity contribution in [2.24, 2.45) is 0 Å². The average molecular weight is 329 g/mol. The molecule has 1 unspecified atom stereocenters. The van der Waals surface area contributed by atoms with Crippen molar-refractivity contribution in [1.82, 2.24) is 0 Å². The van der Waals surface area contributed by atoms with Gasteiger partial charge in [-0.3, -0.25) is 10.1 Å². The summed E-state index contributed by atoms with van der Waals surface area (Å²) in [6.07, 6.45) is 13.1. The van der Waals surface area contributed by atoms with E-state index in [0.717, 1.165) is 24.2 Å². The van der Waals surface area contributed by atoms with Crippen LogP contribution in [0.25, 0.3) is 6.08 Å². The van der Waals surface area contributed by atoms with Crippen molar-refractivity contribution in [2.45, 2.75) is 69.6 Å². The standard InChI is InChI=1S/C19H24N2O3/c22-21(23)17-9-10-18-14(13-17)12-15-6-4-5-11-19(15,24-18)20-16-7-2-1-3-8-16/h9-10,12-13,16,20H,1-8,11H2/p+1. The quantitative estimate of drug-likeness (QED) is 0.681. The topological polar surface area (TPSA) is 69.0 Å². The number of hydrogen-bond acceptors (Lipinski definition) is 3. The van der Waals surface area contributed by atoms with Gasteiger partial charge in [-0.1, -0.05) is 6.42 Å². The van der Waals surface area contributed by atoms with Crippen molar-refractivity contribution in [2.75, 3.05) is 0 Å². The van der Waals surface area contributed by atoms with E-state index in [1.54, 1.807) is 18.2 Å². The molecule has 2 fully saturated rings. The van der Waals surface area contributed by atoms with E-state index in [4.69, 9.17) is 4.74 Å². The number of non-ortho nitro benzene ring substituents is 1. The summed E-state index contributed by atoms with van der Waals surface area (Å²) < 4.78 is 6.51. The molecule has 0 saturated heterocycles. The fraction of sp³-hybridized carbons (Fsp3) is 0.579. The summed E-state index contributed by atoms with van der Waals surface area (Å²) >= 11 is 0. The van der Waals surface area contributed by atoms with Crippen LogP contribution in [0.4, 0.5) is 5.69 Å². The van der Waals surface area contributed by atoms with Crippen molar-refractivity contribution in [3.05, 3.63) is 39.4 Å². The number of benzene rings is 1. The first kappa shape index (κ1) is 15.6. The van der Waals surface area contributed by atoms with Gasteiger partial charge in [0, 0.05) is 29.7 Å². The summed E-state index contributed by atoms with van der Waals surface area (Å²) in [6, 6.07) is 5.60. The van der Waals surface area contributed by atoms with Gasteiger partial charge in [-0.25, -0.2) is 0 Å². The highest BCUT2D eigenvalue weighted by Crippen LogP contribution is 2.41. The fourth-order valence-corrected chi connectivity index (χ4v) is 4.53. The number of hydrogen-bond donors (Lipinski definition) is 1. The molecular formula is C19H25N2O3+. The van der Waals surface area contributed by atoms with Crippen LogP contribution in [0.3, 0.4) is 0 Å². The van der Waals surface area contributed by atoms with Crippen LogP contribution in [0.5, 0.6) is 5.75 Å². The van der Waals surface area contributed by atoms with Gasteiger partial charge < -0.3 is 10.1 Å². The molecule has 5 nitrogen and oxygen atoms in total. The summed E-state index contributed by atoms with van der Waals surface area (Å²) in [4.78, 5) is 10.7. The fourth-order valence-electron chi connectivity index (χ4n) is 4.53. The van der Waals surface area contributed by atoms with Crippen LogP contribution in [0, 0.1) is 10.1 Å². The minimum atomic E-state index is -0.338. The Labute approximate surface area is 142 Å². The lowest BCUT2D eigenvalue weighted by atomic mass is 9.81. The van der Waals surface area contributed by atoms with Crippen LogP contribution < -0.4 is 10.1 Å². The summed E-state index contributed by atoms with van der Waals surface area (Å²) in [5.41, 5.74) is 2.03. The molecule has 3 aliphatic rings. The molecule has 0 spiro atoms. The number of nitro benzene ring substituents is 1. The van der Waals surface area contributed by atoms with Gasteiger partial charge in [-0.15, -0.1) is 0 Å². The predicted molar refractivity (Wildman–Crippen MR) is 91.7 cm³/mol. The minimum absolute atomic E-state index is 0.133. The Balaban J connectivity index is 1.66. The van der Waals surface area contributed by atoms with Crippen LogP contribution in [0.15, 0.2) is 23.8 Å². The lowest BCUT2D eigenvalue weighted by molar-refractivity contribution is -0.782. The molecule has 2 saturated carbocycles. The zero-order valence-corrected chi connectivity index (χ0v) is 14.0. The van der Waals surface area contributed by atoms with Crippen LogP contribution in [0.1, 0.15) is 63.4 Å². The largest absolute Gasteiger partial charge is 0.436 e. The van der Waals surface area contributed by atoms with E-state index in [0.29, 0.717) is 6.04 Å². The Hall–Kier alpha value is -1.88. The first-order valence-electron chi connectivity index (χ1n) is 9.21. The zero-order valence-electron chi connectivity index (χ0n) is 14.0. The van der Waals surface area contributed by atoms with Crippen molar-refractivity contribution in [3.8, 4) is 5.75 Å². The van der Waals surface area contributed by atoms with Crippen LogP contribution in [-0.2, 0) is 0 Å². The Kier molecular flexibility index (Phi) is 4.04. The maximum Gasteiger partial charge on any atom is 0.270 e. The van der Waals surface area contributed by atoms with Crippen LogP contribution >= 0.6 is 0 Å². The number of quaternary nitrogens is 1. The molecule has 0 bridgehead atoms. The van der Waals surface area contributed by atoms with Crippen molar-refractivity contribution in [3.63, 3.8) is 0 Å². The molecule has 4 rings (SSSR count). The molecule has 5 heteroatoms. The molecule has 24 heavy (non-hydrogen) atoms. The third-order valence-corrected chi connectivity index (χ3v) is 5.77. The lowest BCUT2D eigenvalue weighted by Gasteiger charge is -2.42. The van der Waals surface area contributed by atoms with E-state index in [9.17, 15) is 10.1 Å². The second kappa shape index (κ2) is 6.20. The first-order chi connectivity index (χ1) is 11.7. The normalized spacial score (nSPS) is 26.8. The highest BCUT2D eigenvalue weighted by atomic mass is 16.6. The summed E-state index contributed by atoms with van der Waals surface area (Å²) in [6.45, 7) is 0. The summed E-state index contributed by atoms with van der Waals surface area (Å²) in [5.74, 6) is 0.790. The maximum absolute atomic E-state index is 11.0. The molecule has 1 heterocycles. The Morgan fingerprint density at radius 2 is 2.00 bits per heavy atom. The molecule has 0 radical (unpaired) electrons. The van der Waals surface area contributed by atoms with Crippen LogP contribution in [-0.4, -0.2) is 16.7 Å². The van der Waals surface area contributed by atoms with Gasteiger partial charge in [0.15, 0.2) is 0 Å². The monoisotopic (exact) mass is 329 g/mol. The molecule has 0 aromatic heterocycles. The molecule has 128 valence electrons. The predicted octanol–water partition coefficient (Wildman–Crippen LogP) is 3.54. The summed E-state index contributed by atoms with van der Waals surface area (Å²) in [7, 11) is 0.